The van der Waals surface area contributed by atoms with Crippen LogP contribution in [0, 0.1) is 6.92 Å². The summed E-state index contributed by atoms with van der Waals surface area (Å²) in [4.78, 5) is 10.7. The van der Waals surface area contributed by atoms with Crippen molar-refractivity contribution in [2.24, 2.45) is 0 Å². The molecule has 182 valence electrons. The van der Waals surface area contributed by atoms with Crippen molar-refractivity contribution >= 4 is 32.7 Å². The Morgan fingerprint density at radius 3 is 2.55 bits per heavy atom. The maximum atomic E-state index is 12.4. The maximum Gasteiger partial charge on any atom is 0.422 e. The highest BCUT2D eigenvalue weighted by Crippen LogP contribution is 2.23. The quantitative estimate of drug-likeness (QED) is 0.341. The molecule has 0 spiro atoms. The lowest BCUT2D eigenvalue weighted by Crippen LogP contribution is -2.25. The highest BCUT2D eigenvalue weighted by molar-refractivity contribution is 7.89. The number of rotatable bonds is 8. The largest absolute Gasteiger partial charge is 0.484 e. The van der Waals surface area contributed by atoms with E-state index in [1.54, 1.807) is 24.3 Å². The molecule has 3 aromatic rings. The minimum atomic E-state index is -4.47. The molecule has 1 atom stereocenters. The van der Waals surface area contributed by atoms with Gasteiger partial charge < -0.3 is 19.9 Å². The van der Waals surface area contributed by atoms with E-state index in [2.05, 4.69) is 19.7 Å². The van der Waals surface area contributed by atoms with Gasteiger partial charge in [0.25, 0.3) is 10.0 Å². The highest BCUT2D eigenvalue weighted by Gasteiger charge is 2.29. The Hall–Kier alpha value is -2.45. The van der Waals surface area contributed by atoms with E-state index in [1.165, 1.54) is 19.2 Å². The highest BCUT2D eigenvalue weighted by atomic mass is 35.5. The molecule has 4 N–H and O–H groups in total. The zero-order valence-corrected chi connectivity index (χ0v) is 18.9. The summed E-state index contributed by atoms with van der Waals surface area (Å²) in [6.45, 7) is -0.413. The van der Waals surface area contributed by atoms with Gasteiger partial charge in [0.05, 0.1) is 41.9 Å². The van der Waals surface area contributed by atoms with Gasteiger partial charge in [-0.05, 0) is 25.1 Å². The van der Waals surface area contributed by atoms with E-state index < -0.39 is 28.9 Å². The summed E-state index contributed by atoms with van der Waals surface area (Å²) in [7, 11) is -3.96. The molecule has 1 aromatic carbocycles. The fourth-order valence-corrected chi connectivity index (χ4v) is 3.41. The number of halogens is 4. The fraction of sp³-hybridized carbons (Fsp3) is 0.368. The number of para-hydroxylation sites is 2. The van der Waals surface area contributed by atoms with Crippen LogP contribution in [-0.4, -0.2) is 65.0 Å². The van der Waals surface area contributed by atoms with Crippen LogP contribution in [0.3, 0.4) is 0 Å². The monoisotopic (exact) mass is 510 g/mol. The molecule has 14 heteroatoms. The zero-order valence-electron chi connectivity index (χ0n) is 17.3. The summed E-state index contributed by atoms with van der Waals surface area (Å²) in [5.74, 6) is 0.0940. The lowest BCUT2D eigenvalue weighted by molar-refractivity contribution is -0.153. The lowest BCUT2D eigenvalue weighted by atomic mass is 10.2. The molecule has 0 aliphatic carbocycles. The van der Waals surface area contributed by atoms with Gasteiger partial charge in [0.15, 0.2) is 6.61 Å². The van der Waals surface area contributed by atoms with Gasteiger partial charge in [-0.3, -0.25) is 4.98 Å². The minimum absolute atomic E-state index is 0.0136. The van der Waals surface area contributed by atoms with E-state index in [9.17, 15) is 21.6 Å². The van der Waals surface area contributed by atoms with Crippen molar-refractivity contribution in [1.82, 2.24) is 19.7 Å². The second kappa shape index (κ2) is 11.6. The Kier molecular flexibility index (Phi) is 9.43. The van der Waals surface area contributed by atoms with Gasteiger partial charge in [-0.15, -0.1) is 11.6 Å². The van der Waals surface area contributed by atoms with Crippen LogP contribution in [-0.2, 0) is 16.6 Å². The first-order chi connectivity index (χ1) is 15.5. The number of H-pyrrole nitrogens is 1. The number of sulfonamides is 1. The van der Waals surface area contributed by atoms with Crippen molar-refractivity contribution in [2.75, 3.05) is 19.1 Å². The number of aliphatic hydroxyl groups excluding tert-OH is 2. The smallest absolute Gasteiger partial charge is 0.422 e. The molecular weight excluding hydrogens is 489 g/mol. The fourth-order valence-electron chi connectivity index (χ4n) is 2.39. The Bertz CT molecular complexity index is 1120. The predicted molar refractivity (Wildman–Crippen MR) is 114 cm³/mol. The summed E-state index contributed by atoms with van der Waals surface area (Å²) in [6, 6.07) is 8.11. The van der Waals surface area contributed by atoms with Crippen molar-refractivity contribution in [2.45, 2.75) is 30.9 Å². The van der Waals surface area contributed by atoms with E-state index in [0.717, 1.165) is 0 Å². The van der Waals surface area contributed by atoms with Gasteiger partial charge in [0.2, 0.25) is 5.16 Å². The second-order valence-electron chi connectivity index (χ2n) is 6.66. The van der Waals surface area contributed by atoms with E-state index in [-0.39, 0.29) is 35.6 Å². The Labute approximate surface area is 192 Å². The molecule has 0 aliphatic heterocycles. The number of pyridine rings is 1. The number of hydrogen-bond acceptors (Lipinski definition) is 7. The third kappa shape index (κ3) is 8.12. The number of ether oxygens (including phenoxy) is 1. The Morgan fingerprint density at radius 1 is 1.27 bits per heavy atom. The van der Waals surface area contributed by atoms with Gasteiger partial charge in [-0.2, -0.15) is 13.2 Å². The van der Waals surface area contributed by atoms with Crippen LogP contribution in [0.15, 0.2) is 41.7 Å². The summed E-state index contributed by atoms with van der Waals surface area (Å²) in [5.41, 5.74) is 1.62. The number of benzene rings is 1. The van der Waals surface area contributed by atoms with Crippen molar-refractivity contribution in [1.29, 1.82) is 0 Å². The van der Waals surface area contributed by atoms with Crippen LogP contribution < -0.4 is 9.46 Å². The van der Waals surface area contributed by atoms with E-state index in [1.807, 2.05) is 0 Å². The molecule has 0 fully saturated rings. The molecule has 0 amide bonds. The molecule has 0 saturated carbocycles. The summed E-state index contributed by atoms with van der Waals surface area (Å²) in [6.07, 6.45) is -3.96. The molecule has 9 nitrogen and oxygen atoms in total. The summed E-state index contributed by atoms with van der Waals surface area (Å²) in [5, 5.41) is 16.0. The average molecular weight is 511 g/mol. The molecular formula is C19H22ClF3N4O5S. The average Bonchev–Trinajstić information content (AvgIpc) is 3.22. The first-order valence-electron chi connectivity index (χ1n) is 9.40. The molecule has 2 heterocycles. The number of aromatic nitrogens is 3. The molecule has 3 rings (SSSR count). The van der Waals surface area contributed by atoms with Crippen LogP contribution in [0.2, 0.25) is 0 Å². The van der Waals surface area contributed by atoms with E-state index in [4.69, 9.17) is 26.6 Å². The summed E-state index contributed by atoms with van der Waals surface area (Å²) < 4.78 is 68.8. The number of hydrogen-bond donors (Lipinski definition) is 4. The Morgan fingerprint density at radius 2 is 1.97 bits per heavy atom. The summed E-state index contributed by atoms with van der Waals surface area (Å²) >= 11 is 5.04. The number of nitrogens with one attached hydrogen (secondary N) is 2. The number of imidazole rings is 1. The lowest BCUT2D eigenvalue weighted by Gasteiger charge is -2.13. The Balaban J connectivity index is 0.000000569. The standard InChI is InChI=1S/C16H15F3N4O3S.C3H7ClO2/c1-10-13(20-7-6-14(10)26-9-16(17,18)19)8-21-27(24,25)15-22-11-4-2-3-5-12(11)23-15;4-1-3(6)2-5/h2-7,21H,8-9H2,1H3,(H,22,23);3,5-6H,1-2H2/t;3-/m.1/s1. The van der Waals surface area contributed by atoms with Crippen LogP contribution in [0.5, 0.6) is 5.75 Å². The molecule has 2 aromatic heterocycles. The molecule has 0 saturated heterocycles. The van der Waals surface area contributed by atoms with Crippen LogP contribution >= 0.6 is 11.6 Å². The van der Waals surface area contributed by atoms with Gasteiger partial charge in [-0.1, -0.05) is 12.1 Å². The number of alkyl halides is 4. The number of nitrogens with zero attached hydrogens (tertiary/aromatic N) is 2. The zero-order chi connectivity index (χ0) is 24.6. The number of aliphatic hydroxyl groups is 2. The number of fused-ring (bicyclic) bond motifs is 1. The van der Waals surface area contributed by atoms with E-state index in [0.29, 0.717) is 16.6 Å². The first kappa shape index (κ1) is 26.8. The molecule has 0 aliphatic rings. The molecule has 33 heavy (non-hydrogen) atoms. The molecule has 0 unspecified atom stereocenters. The van der Waals surface area contributed by atoms with Gasteiger partial charge >= 0.3 is 6.18 Å². The molecule has 0 radical (unpaired) electrons. The van der Waals surface area contributed by atoms with E-state index >= 15 is 0 Å². The second-order valence-corrected chi connectivity index (χ2v) is 8.65. The van der Waals surface area contributed by atoms with Crippen molar-refractivity contribution in [3.8, 4) is 5.75 Å². The van der Waals surface area contributed by atoms with Crippen molar-refractivity contribution < 1.29 is 36.5 Å². The van der Waals surface area contributed by atoms with Gasteiger partial charge in [0.1, 0.15) is 5.75 Å². The SMILES string of the molecule is Cc1c(OCC(F)(F)F)ccnc1CNS(=O)(=O)c1nc2ccccc2[nH]1.OC[C@H](O)CCl. The molecule has 0 bridgehead atoms. The first-order valence-corrected chi connectivity index (χ1v) is 11.4. The third-order valence-electron chi connectivity index (χ3n) is 4.09. The topological polar surface area (TPSA) is 137 Å². The number of aromatic amines is 1. The van der Waals surface area contributed by atoms with Crippen molar-refractivity contribution in [3.05, 3.63) is 47.8 Å². The van der Waals surface area contributed by atoms with Gasteiger partial charge in [0, 0.05) is 11.8 Å². The van der Waals surface area contributed by atoms with Crippen LogP contribution in [0.1, 0.15) is 11.3 Å². The van der Waals surface area contributed by atoms with Crippen LogP contribution in [0.25, 0.3) is 11.0 Å². The minimum Gasteiger partial charge on any atom is -0.484 e. The normalized spacial score (nSPS) is 12.8. The third-order valence-corrected chi connectivity index (χ3v) is 5.67. The van der Waals surface area contributed by atoms with Crippen LogP contribution in [0.4, 0.5) is 13.2 Å². The van der Waals surface area contributed by atoms with Crippen molar-refractivity contribution in [3.63, 3.8) is 0 Å². The van der Waals surface area contributed by atoms with Gasteiger partial charge in [-0.25, -0.2) is 18.1 Å². The maximum absolute atomic E-state index is 12.4. The predicted octanol–water partition coefficient (Wildman–Crippen LogP) is 2.26.